The number of terminal acetylenes is 1. The van der Waals surface area contributed by atoms with Gasteiger partial charge in [-0.15, -0.1) is 6.42 Å². The highest BCUT2D eigenvalue weighted by molar-refractivity contribution is 6.34. The van der Waals surface area contributed by atoms with Crippen LogP contribution >= 0.6 is 23.2 Å². The zero-order valence-electron chi connectivity index (χ0n) is 10.8. The highest BCUT2D eigenvalue weighted by Crippen LogP contribution is 2.19. The molecule has 0 aliphatic carbocycles. The summed E-state index contributed by atoms with van der Waals surface area (Å²) in [5, 5.41) is 7.43. The van der Waals surface area contributed by atoms with Crippen molar-refractivity contribution in [1.82, 2.24) is 10.6 Å². The van der Waals surface area contributed by atoms with E-state index in [4.69, 9.17) is 29.6 Å². The summed E-state index contributed by atoms with van der Waals surface area (Å²) in [6.45, 7) is 3.88. The Bertz CT molecular complexity index is 458. The van der Waals surface area contributed by atoms with E-state index in [9.17, 15) is 0 Å². The molecule has 0 bridgehead atoms. The molecule has 0 heterocycles. The van der Waals surface area contributed by atoms with Crippen molar-refractivity contribution in [3.05, 3.63) is 33.8 Å². The normalized spacial score (nSPS) is 10.9. The number of rotatable bonds is 5. The molecule has 0 fully saturated rings. The Kier molecular flexibility index (Phi) is 7.17. The summed E-state index contributed by atoms with van der Waals surface area (Å²) in [4.78, 5) is 4.42. The van der Waals surface area contributed by atoms with Crippen molar-refractivity contribution in [3.63, 3.8) is 0 Å². The van der Waals surface area contributed by atoms with Crippen molar-refractivity contribution in [2.45, 2.75) is 13.3 Å². The van der Waals surface area contributed by atoms with E-state index in [2.05, 4.69) is 21.5 Å². The SMILES string of the molecule is C#CCNC(=NCCc1cc(Cl)cc(Cl)c1)NCC. The van der Waals surface area contributed by atoms with E-state index in [1.807, 2.05) is 19.1 Å². The fourth-order valence-electron chi connectivity index (χ4n) is 1.53. The van der Waals surface area contributed by atoms with E-state index in [-0.39, 0.29) is 0 Å². The van der Waals surface area contributed by atoms with Crippen molar-refractivity contribution >= 4 is 29.2 Å². The predicted octanol–water partition coefficient (Wildman–Crippen LogP) is 2.72. The third-order valence-corrected chi connectivity index (χ3v) is 2.73. The van der Waals surface area contributed by atoms with Gasteiger partial charge in [-0.1, -0.05) is 29.1 Å². The van der Waals surface area contributed by atoms with Gasteiger partial charge in [-0.05, 0) is 37.1 Å². The maximum absolute atomic E-state index is 5.94. The maximum Gasteiger partial charge on any atom is 0.192 e. The van der Waals surface area contributed by atoms with Crippen LogP contribution in [0.5, 0.6) is 0 Å². The molecule has 5 heteroatoms. The first-order chi connectivity index (χ1) is 9.15. The van der Waals surface area contributed by atoms with Crippen molar-refractivity contribution in [1.29, 1.82) is 0 Å². The van der Waals surface area contributed by atoms with Gasteiger partial charge in [-0.25, -0.2) is 0 Å². The van der Waals surface area contributed by atoms with Crippen molar-refractivity contribution in [2.75, 3.05) is 19.6 Å². The number of hydrogen-bond acceptors (Lipinski definition) is 1. The second-order valence-corrected chi connectivity index (χ2v) is 4.72. The molecular formula is C14H17Cl2N3. The lowest BCUT2D eigenvalue weighted by Gasteiger charge is -2.08. The molecule has 2 N–H and O–H groups in total. The Morgan fingerprint density at radius 1 is 1.26 bits per heavy atom. The third-order valence-electron chi connectivity index (χ3n) is 2.29. The zero-order valence-corrected chi connectivity index (χ0v) is 12.4. The van der Waals surface area contributed by atoms with Crippen LogP contribution in [0.4, 0.5) is 0 Å². The molecule has 0 radical (unpaired) electrons. The summed E-state index contributed by atoms with van der Waals surface area (Å²) in [7, 11) is 0. The number of halogens is 2. The van der Waals surface area contributed by atoms with Crippen LogP contribution in [0, 0.1) is 12.3 Å². The average molecular weight is 298 g/mol. The van der Waals surface area contributed by atoms with E-state index in [0.29, 0.717) is 29.1 Å². The molecule has 0 aliphatic heterocycles. The second kappa shape index (κ2) is 8.68. The molecule has 0 atom stereocenters. The molecule has 102 valence electrons. The van der Waals surface area contributed by atoms with Crippen LogP contribution in [-0.4, -0.2) is 25.6 Å². The van der Waals surface area contributed by atoms with Gasteiger partial charge in [0.15, 0.2) is 5.96 Å². The van der Waals surface area contributed by atoms with Gasteiger partial charge in [0.05, 0.1) is 6.54 Å². The first kappa shape index (κ1) is 15.7. The standard InChI is InChI=1S/C14H17Cl2N3/c1-3-6-18-14(17-4-2)19-7-5-11-8-12(15)10-13(16)9-11/h1,8-10H,4-7H2,2H3,(H2,17,18,19). The van der Waals surface area contributed by atoms with E-state index < -0.39 is 0 Å². The second-order valence-electron chi connectivity index (χ2n) is 3.85. The summed E-state index contributed by atoms with van der Waals surface area (Å²) in [6, 6.07) is 5.50. The van der Waals surface area contributed by atoms with Gasteiger partial charge in [0.25, 0.3) is 0 Å². The summed E-state index contributed by atoms with van der Waals surface area (Å²) in [5.74, 6) is 3.23. The average Bonchev–Trinajstić information content (AvgIpc) is 2.34. The number of hydrogen-bond donors (Lipinski definition) is 2. The molecule has 1 aromatic rings. The maximum atomic E-state index is 5.94. The van der Waals surface area contributed by atoms with E-state index in [0.717, 1.165) is 18.5 Å². The molecule has 0 unspecified atom stereocenters. The van der Waals surface area contributed by atoms with E-state index in [1.165, 1.54) is 0 Å². The monoisotopic (exact) mass is 297 g/mol. The number of aliphatic imine (C=N–C) groups is 1. The highest BCUT2D eigenvalue weighted by atomic mass is 35.5. The minimum atomic E-state index is 0.453. The van der Waals surface area contributed by atoms with Crippen molar-refractivity contribution in [3.8, 4) is 12.3 Å². The van der Waals surface area contributed by atoms with Crippen molar-refractivity contribution < 1.29 is 0 Å². The summed E-state index contributed by atoms with van der Waals surface area (Å²) < 4.78 is 0. The van der Waals surface area contributed by atoms with E-state index >= 15 is 0 Å². The molecule has 1 rings (SSSR count). The van der Waals surface area contributed by atoms with Crippen LogP contribution in [0.25, 0.3) is 0 Å². The smallest absolute Gasteiger partial charge is 0.192 e. The van der Waals surface area contributed by atoms with Crippen molar-refractivity contribution in [2.24, 2.45) is 4.99 Å². The Morgan fingerprint density at radius 3 is 2.53 bits per heavy atom. The predicted molar refractivity (Wildman–Crippen MR) is 83.0 cm³/mol. The zero-order chi connectivity index (χ0) is 14.1. The molecule has 0 aliphatic rings. The molecule has 0 amide bonds. The molecule has 3 nitrogen and oxygen atoms in total. The molecule has 0 saturated carbocycles. The minimum absolute atomic E-state index is 0.453. The first-order valence-electron chi connectivity index (χ1n) is 6.06. The molecule has 0 saturated heterocycles. The topological polar surface area (TPSA) is 36.4 Å². The molecule has 19 heavy (non-hydrogen) atoms. The Morgan fingerprint density at radius 2 is 1.95 bits per heavy atom. The van der Waals surface area contributed by atoms with Gasteiger partial charge in [0.2, 0.25) is 0 Å². The summed E-state index contributed by atoms with van der Waals surface area (Å²) in [6.07, 6.45) is 5.97. The summed E-state index contributed by atoms with van der Waals surface area (Å²) >= 11 is 11.9. The Labute approximate surface area is 124 Å². The lowest BCUT2D eigenvalue weighted by Crippen LogP contribution is -2.37. The van der Waals surface area contributed by atoms with Crippen LogP contribution in [0.3, 0.4) is 0 Å². The highest BCUT2D eigenvalue weighted by Gasteiger charge is 1.99. The van der Waals surface area contributed by atoms with Gasteiger partial charge >= 0.3 is 0 Å². The summed E-state index contributed by atoms with van der Waals surface area (Å²) in [5.41, 5.74) is 1.06. The quantitative estimate of drug-likeness (QED) is 0.498. The van der Waals surface area contributed by atoms with Gasteiger partial charge in [0, 0.05) is 23.1 Å². The van der Waals surface area contributed by atoms with Gasteiger partial charge < -0.3 is 10.6 Å². The lowest BCUT2D eigenvalue weighted by molar-refractivity contribution is 0.855. The number of benzene rings is 1. The van der Waals surface area contributed by atoms with Crippen LogP contribution < -0.4 is 10.6 Å². The fraction of sp³-hybridized carbons (Fsp3) is 0.357. The van der Waals surface area contributed by atoms with Crippen LogP contribution in [0.1, 0.15) is 12.5 Å². The fourth-order valence-corrected chi connectivity index (χ4v) is 2.10. The first-order valence-corrected chi connectivity index (χ1v) is 6.82. The van der Waals surface area contributed by atoms with Crippen LogP contribution in [-0.2, 0) is 6.42 Å². The largest absolute Gasteiger partial charge is 0.357 e. The van der Waals surface area contributed by atoms with Gasteiger partial charge in [-0.2, -0.15) is 0 Å². The Hall–Kier alpha value is -1.37. The van der Waals surface area contributed by atoms with Crippen LogP contribution in [0.2, 0.25) is 10.0 Å². The molecule has 0 aromatic heterocycles. The molecule has 1 aromatic carbocycles. The Balaban J connectivity index is 2.56. The van der Waals surface area contributed by atoms with Gasteiger partial charge in [0.1, 0.15) is 0 Å². The van der Waals surface area contributed by atoms with E-state index in [1.54, 1.807) is 6.07 Å². The molecule has 0 spiro atoms. The van der Waals surface area contributed by atoms with Crippen LogP contribution in [0.15, 0.2) is 23.2 Å². The number of guanidine groups is 1. The molecular weight excluding hydrogens is 281 g/mol. The van der Waals surface area contributed by atoms with Gasteiger partial charge in [-0.3, -0.25) is 4.99 Å². The minimum Gasteiger partial charge on any atom is -0.357 e. The third kappa shape index (κ3) is 6.37. The number of nitrogens with zero attached hydrogens (tertiary/aromatic N) is 1. The number of nitrogens with one attached hydrogen (secondary N) is 2. The lowest BCUT2D eigenvalue weighted by atomic mass is 10.1.